The van der Waals surface area contributed by atoms with Crippen molar-refractivity contribution in [3.8, 4) is 11.5 Å². The maximum absolute atomic E-state index is 12.6. The number of hydrogen-bond acceptors (Lipinski definition) is 8. The molecular weight excluding hydrogens is 446 g/mol. The number of amides is 1. The van der Waals surface area contributed by atoms with Gasteiger partial charge in [0.05, 0.1) is 16.9 Å². The van der Waals surface area contributed by atoms with Crippen molar-refractivity contribution in [1.29, 1.82) is 0 Å². The Bertz CT molecular complexity index is 1200. The summed E-state index contributed by atoms with van der Waals surface area (Å²) in [5, 5.41) is 10.5. The number of thioether (sulfide) groups is 1. The van der Waals surface area contributed by atoms with E-state index in [0.29, 0.717) is 16.3 Å². The molecule has 1 N–H and O–H groups in total. The van der Waals surface area contributed by atoms with Gasteiger partial charge in [-0.15, -0.1) is 11.8 Å². The van der Waals surface area contributed by atoms with Crippen molar-refractivity contribution in [3.05, 3.63) is 82.3 Å². The third-order valence-electron chi connectivity index (χ3n) is 4.37. The van der Waals surface area contributed by atoms with Crippen molar-refractivity contribution in [2.24, 2.45) is 0 Å². The van der Waals surface area contributed by atoms with E-state index >= 15 is 0 Å². The van der Waals surface area contributed by atoms with Gasteiger partial charge in [0.25, 0.3) is 5.89 Å². The minimum Gasteiger partial charge on any atom is -0.454 e. The van der Waals surface area contributed by atoms with E-state index in [2.05, 4.69) is 15.5 Å². The Kier molecular flexibility index (Phi) is 6.98. The molecule has 0 saturated carbocycles. The van der Waals surface area contributed by atoms with E-state index in [4.69, 9.17) is 9.26 Å². The molecule has 7 nitrogen and oxygen atoms in total. The van der Waals surface area contributed by atoms with Gasteiger partial charge in [-0.05, 0) is 42.6 Å². The van der Waals surface area contributed by atoms with Crippen molar-refractivity contribution in [2.45, 2.75) is 18.4 Å². The molecule has 32 heavy (non-hydrogen) atoms. The number of hydrogen-bond donors (Lipinski definition) is 1. The molecule has 0 radical (unpaired) electrons. The van der Waals surface area contributed by atoms with E-state index in [1.165, 1.54) is 23.1 Å². The number of nitrogens with one attached hydrogen (secondary N) is 1. The van der Waals surface area contributed by atoms with Crippen LogP contribution in [-0.2, 0) is 16.1 Å². The fourth-order valence-corrected chi connectivity index (χ4v) is 4.23. The van der Waals surface area contributed by atoms with E-state index in [9.17, 15) is 9.59 Å². The largest absolute Gasteiger partial charge is 0.454 e. The van der Waals surface area contributed by atoms with Gasteiger partial charge in [0, 0.05) is 16.0 Å². The van der Waals surface area contributed by atoms with Crippen molar-refractivity contribution in [2.75, 3.05) is 11.1 Å². The first kappa shape index (κ1) is 21.8. The monoisotopic (exact) mass is 465 g/mol. The van der Waals surface area contributed by atoms with Crippen molar-refractivity contribution in [3.63, 3.8) is 0 Å². The summed E-state index contributed by atoms with van der Waals surface area (Å²) in [6.45, 7) is 1.87. The van der Waals surface area contributed by atoms with E-state index in [0.717, 1.165) is 16.8 Å². The van der Waals surface area contributed by atoms with Gasteiger partial charge in [-0.1, -0.05) is 35.0 Å². The molecule has 1 amide bonds. The summed E-state index contributed by atoms with van der Waals surface area (Å²) in [6, 6.07) is 16.4. The lowest BCUT2D eigenvalue weighted by Crippen LogP contribution is -2.14. The van der Waals surface area contributed by atoms with Crippen LogP contribution in [0.15, 0.2) is 74.8 Å². The average Bonchev–Trinajstić information content (AvgIpc) is 3.50. The Morgan fingerprint density at radius 3 is 2.72 bits per heavy atom. The molecule has 0 saturated heterocycles. The van der Waals surface area contributed by atoms with Crippen LogP contribution in [0.2, 0.25) is 0 Å². The summed E-state index contributed by atoms with van der Waals surface area (Å²) >= 11 is 2.79. The molecule has 0 bridgehead atoms. The van der Waals surface area contributed by atoms with Gasteiger partial charge in [-0.2, -0.15) is 16.3 Å². The molecule has 162 valence electrons. The molecule has 0 fully saturated rings. The molecule has 2 aromatic carbocycles. The van der Waals surface area contributed by atoms with Crippen LogP contribution in [0.3, 0.4) is 0 Å². The Morgan fingerprint density at radius 2 is 1.94 bits per heavy atom. The summed E-state index contributed by atoms with van der Waals surface area (Å²) in [5.74, 6) is 0.145. The van der Waals surface area contributed by atoms with Crippen molar-refractivity contribution >= 4 is 40.7 Å². The molecule has 0 spiro atoms. The number of nitrogens with zero attached hydrogens (tertiary/aromatic N) is 2. The molecule has 9 heteroatoms. The zero-order chi connectivity index (χ0) is 22.3. The highest BCUT2D eigenvalue weighted by molar-refractivity contribution is 8.00. The van der Waals surface area contributed by atoms with Gasteiger partial charge in [0.1, 0.15) is 0 Å². The number of thiophene rings is 1. The quantitative estimate of drug-likeness (QED) is 0.282. The Labute approximate surface area is 192 Å². The highest BCUT2D eigenvalue weighted by Gasteiger charge is 2.16. The lowest BCUT2D eigenvalue weighted by atomic mass is 10.2. The summed E-state index contributed by atoms with van der Waals surface area (Å²) in [5.41, 5.74) is 3.05. The third-order valence-corrected chi connectivity index (χ3v) is 6.13. The highest BCUT2D eigenvalue weighted by atomic mass is 32.2. The molecule has 0 aliphatic heterocycles. The lowest BCUT2D eigenvalue weighted by molar-refractivity contribution is -0.113. The number of benzene rings is 2. The molecule has 0 aliphatic rings. The molecule has 0 atom stereocenters. The number of ether oxygens (including phenoxy) is 1. The molecule has 4 aromatic rings. The van der Waals surface area contributed by atoms with Gasteiger partial charge >= 0.3 is 5.97 Å². The Hall–Kier alpha value is -3.43. The summed E-state index contributed by atoms with van der Waals surface area (Å²) in [6.07, 6.45) is 0. The first-order chi connectivity index (χ1) is 15.6. The normalized spacial score (nSPS) is 10.7. The third kappa shape index (κ3) is 5.63. The molecule has 2 aromatic heterocycles. The minimum absolute atomic E-state index is 0.112. The van der Waals surface area contributed by atoms with Crippen LogP contribution in [0.5, 0.6) is 0 Å². The number of esters is 1. The SMILES string of the molecule is Cc1ccc(NC(=O)CSc2ccccc2C(=O)OCc2noc(-c3ccsc3)n2)cc1. The van der Waals surface area contributed by atoms with Crippen LogP contribution >= 0.6 is 23.1 Å². The smallest absolute Gasteiger partial charge is 0.339 e. The van der Waals surface area contributed by atoms with E-state index in [1.807, 2.05) is 54.1 Å². The van der Waals surface area contributed by atoms with Gasteiger partial charge < -0.3 is 14.6 Å². The highest BCUT2D eigenvalue weighted by Crippen LogP contribution is 2.24. The molecule has 0 unspecified atom stereocenters. The Balaban J connectivity index is 1.33. The number of rotatable bonds is 8. The van der Waals surface area contributed by atoms with Gasteiger partial charge in [-0.25, -0.2) is 4.79 Å². The topological polar surface area (TPSA) is 94.3 Å². The molecule has 0 aliphatic carbocycles. The van der Waals surface area contributed by atoms with Gasteiger partial charge in [0.15, 0.2) is 6.61 Å². The van der Waals surface area contributed by atoms with Gasteiger partial charge in [0.2, 0.25) is 11.7 Å². The minimum atomic E-state index is -0.520. The van der Waals surface area contributed by atoms with Crippen LogP contribution in [0, 0.1) is 6.92 Å². The number of aryl methyl sites for hydroxylation is 1. The van der Waals surface area contributed by atoms with Crippen molar-refractivity contribution in [1.82, 2.24) is 10.1 Å². The second kappa shape index (κ2) is 10.3. The molecule has 4 rings (SSSR count). The van der Waals surface area contributed by atoms with Gasteiger partial charge in [-0.3, -0.25) is 4.79 Å². The molecular formula is C23H19N3O4S2. The van der Waals surface area contributed by atoms with Crippen molar-refractivity contribution < 1.29 is 18.8 Å². The standard InChI is InChI=1S/C23H19N3O4S2/c1-15-6-8-17(9-7-15)24-21(27)14-32-19-5-3-2-4-18(19)23(28)29-12-20-25-22(30-26-20)16-10-11-31-13-16/h2-11,13H,12,14H2,1H3,(H,24,27). The predicted octanol–water partition coefficient (Wildman–Crippen LogP) is 5.19. The van der Waals surface area contributed by atoms with Crippen LogP contribution < -0.4 is 5.32 Å². The molecule has 2 heterocycles. The van der Waals surface area contributed by atoms with E-state index in [1.54, 1.807) is 18.2 Å². The summed E-state index contributed by atoms with van der Waals surface area (Å²) in [4.78, 5) is 29.8. The first-order valence-electron chi connectivity index (χ1n) is 9.69. The zero-order valence-electron chi connectivity index (χ0n) is 17.1. The maximum Gasteiger partial charge on any atom is 0.339 e. The first-order valence-corrected chi connectivity index (χ1v) is 11.6. The number of aromatic nitrogens is 2. The lowest BCUT2D eigenvalue weighted by Gasteiger charge is -2.09. The second-order valence-corrected chi connectivity index (χ2v) is 8.60. The Morgan fingerprint density at radius 1 is 1.12 bits per heavy atom. The fraction of sp³-hybridized carbons (Fsp3) is 0.130. The second-order valence-electron chi connectivity index (χ2n) is 6.80. The number of carbonyl (C=O) groups excluding carboxylic acids is 2. The maximum atomic E-state index is 12.6. The zero-order valence-corrected chi connectivity index (χ0v) is 18.7. The summed E-state index contributed by atoms with van der Waals surface area (Å²) in [7, 11) is 0. The number of anilines is 1. The van der Waals surface area contributed by atoms with Crippen LogP contribution in [0.1, 0.15) is 21.7 Å². The van der Waals surface area contributed by atoms with E-state index < -0.39 is 5.97 Å². The predicted molar refractivity (Wildman–Crippen MR) is 124 cm³/mol. The van der Waals surface area contributed by atoms with E-state index in [-0.39, 0.29) is 24.1 Å². The fourth-order valence-electron chi connectivity index (χ4n) is 2.76. The van der Waals surface area contributed by atoms with Crippen LogP contribution in [0.25, 0.3) is 11.5 Å². The average molecular weight is 466 g/mol. The number of carbonyl (C=O) groups is 2. The van der Waals surface area contributed by atoms with Crippen LogP contribution in [0.4, 0.5) is 5.69 Å². The van der Waals surface area contributed by atoms with Crippen LogP contribution in [-0.4, -0.2) is 27.8 Å². The summed E-state index contributed by atoms with van der Waals surface area (Å²) < 4.78 is 10.6.